The first kappa shape index (κ1) is 21.2. The average Bonchev–Trinajstić information content (AvgIpc) is 2.58. The van der Waals surface area contributed by atoms with Crippen LogP contribution in [0.1, 0.15) is 57.0 Å². The van der Waals surface area contributed by atoms with Crippen molar-refractivity contribution in [2.45, 2.75) is 46.5 Å². The molecule has 2 amide bonds. The van der Waals surface area contributed by atoms with E-state index in [1.54, 1.807) is 0 Å². The number of likely N-dealkylation sites (N-methyl/N-ethyl adjacent to an activating group) is 1. The lowest BCUT2D eigenvalue weighted by Crippen LogP contribution is -2.36. The van der Waals surface area contributed by atoms with Crippen LogP contribution in [0.15, 0.2) is 24.3 Å². The maximum atomic E-state index is 12.1. The highest BCUT2D eigenvalue weighted by Gasteiger charge is 2.14. The molecule has 2 N–H and O–H groups in total. The number of hydrogen-bond donors (Lipinski definition) is 2. The van der Waals surface area contributed by atoms with Crippen LogP contribution < -0.4 is 10.6 Å². The predicted molar refractivity (Wildman–Crippen MR) is 103 cm³/mol. The van der Waals surface area contributed by atoms with E-state index in [4.69, 9.17) is 0 Å². The van der Waals surface area contributed by atoms with E-state index in [2.05, 4.69) is 50.2 Å². The second-order valence-corrected chi connectivity index (χ2v) is 7.21. The Kier molecular flexibility index (Phi) is 8.62. The SMILES string of the molecule is CCN(CC)CCNC(=O)CCNC(=O)c1ccc(C(C)(C)C)cc1. The van der Waals surface area contributed by atoms with Crippen molar-refractivity contribution in [1.29, 1.82) is 0 Å². The molecule has 0 bridgehead atoms. The molecule has 0 aliphatic heterocycles. The Morgan fingerprint density at radius 1 is 0.960 bits per heavy atom. The Morgan fingerprint density at radius 3 is 2.08 bits per heavy atom. The van der Waals surface area contributed by atoms with Crippen molar-refractivity contribution in [2.24, 2.45) is 0 Å². The molecular weight excluding hydrogens is 314 g/mol. The molecule has 5 heteroatoms. The lowest BCUT2D eigenvalue weighted by molar-refractivity contribution is -0.121. The van der Waals surface area contributed by atoms with Gasteiger partial charge in [-0.2, -0.15) is 0 Å². The third kappa shape index (κ3) is 7.69. The zero-order chi connectivity index (χ0) is 18.9. The highest BCUT2D eigenvalue weighted by molar-refractivity contribution is 5.94. The Balaban J connectivity index is 2.31. The Morgan fingerprint density at radius 2 is 1.56 bits per heavy atom. The van der Waals surface area contributed by atoms with Gasteiger partial charge in [0, 0.05) is 31.6 Å². The molecule has 25 heavy (non-hydrogen) atoms. The standard InChI is InChI=1S/C20H33N3O2/c1-6-23(7-2)15-14-21-18(24)12-13-22-19(25)16-8-10-17(11-9-16)20(3,4)5/h8-11H,6-7,12-15H2,1-5H3,(H,21,24)(H,22,25). The molecule has 0 aliphatic carbocycles. The van der Waals surface area contributed by atoms with Crippen LogP contribution in [-0.4, -0.2) is 49.4 Å². The molecule has 0 fully saturated rings. The van der Waals surface area contributed by atoms with E-state index in [-0.39, 0.29) is 17.2 Å². The van der Waals surface area contributed by atoms with Gasteiger partial charge in [-0.25, -0.2) is 0 Å². The van der Waals surface area contributed by atoms with Gasteiger partial charge in [-0.1, -0.05) is 46.8 Å². The molecule has 0 unspecified atom stereocenters. The summed E-state index contributed by atoms with van der Waals surface area (Å²) in [5.41, 5.74) is 1.88. The van der Waals surface area contributed by atoms with Crippen molar-refractivity contribution in [3.8, 4) is 0 Å². The molecular formula is C20H33N3O2. The molecule has 0 saturated carbocycles. The van der Waals surface area contributed by atoms with Crippen molar-refractivity contribution < 1.29 is 9.59 Å². The summed E-state index contributed by atoms with van der Waals surface area (Å²) in [4.78, 5) is 26.2. The first-order chi connectivity index (χ1) is 11.8. The molecule has 0 aromatic heterocycles. The monoisotopic (exact) mass is 347 g/mol. The Labute approximate surface area is 152 Å². The van der Waals surface area contributed by atoms with Gasteiger partial charge in [0.25, 0.3) is 5.91 Å². The quantitative estimate of drug-likeness (QED) is 0.722. The number of rotatable bonds is 9. The van der Waals surface area contributed by atoms with E-state index in [0.29, 0.717) is 25.1 Å². The zero-order valence-corrected chi connectivity index (χ0v) is 16.3. The fourth-order valence-electron chi connectivity index (χ4n) is 2.49. The summed E-state index contributed by atoms with van der Waals surface area (Å²) in [5, 5.41) is 5.69. The summed E-state index contributed by atoms with van der Waals surface area (Å²) in [6.45, 7) is 14.4. The summed E-state index contributed by atoms with van der Waals surface area (Å²) >= 11 is 0. The predicted octanol–water partition coefficient (Wildman–Crippen LogP) is 2.56. The minimum Gasteiger partial charge on any atom is -0.355 e. The molecule has 1 aromatic carbocycles. The molecule has 0 aliphatic rings. The van der Waals surface area contributed by atoms with E-state index in [9.17, 15) is 9.59 Å². The molecule has 0 atom stereocenters. The van der Waals surface area contributed by atoms with Crippen LogP contribution in [0.4, 0.5) is 0 Å². The maximum Gasteiger partial charge on any atom is 0.251 e. The lowest BCUT2D eigenvalue weighted by atomic mass is 9.87. The van der Waals surface area contributed by atoms with Crippen LogP contribution in [0.3, 0.4) is 0 Å². The van der Waals surface area contributed by atoms with Crippen LogP contribution in [0.2, 0.25) is 0 Å². The molecule has 5 nitrogen and oxygen atoms in total. The summed E-state index contributed by atoms with van der Waals surface area (Å²) in [6, 6.07) is 7.63. The number of nitrogens with zero attached hydrogens (tertiary/aromatic N) is 1. The average molecular weight is 348 g/mol. The van der Waals surface area contributed by atoms with E-state index < -0.39 is 0 Å². The zero-order valence-electron chi connectivity index (χ0n) is 16.3. The van der Waals surface area contributed by atoms with Crippen LogP contribution in [0.25, 0.3) is 0 Å². The summed E-state index contributed by atoms with van der Waals surface area (Å²) in [6.07, 6.45) is 0.296. The second kappa shape index (κ2) is 10.2. The van der Waals surface area contributed by atoms with Gasteiger partial charge in [0.2, 0.25) is 5.91 Å². The van der Waals surface area contributed by atoms with Crippen LogP contribution in [-0.2, 0) is 10.2 Å². The van der Waals surface area contributed by atoms with Gasteiger partial charge >= 0.3 is 0 Å². The van der Waals surface area contributed by atoms with Crippen molar-refractivity contribution >= 4 is 11.8 Å². The topological polar surface area (TPSA) is 61.4 Å². The number of nitrogens with one attached hydrogen (secondary N) is 2. The van der Waals surface area contributed by atoms with E-state index >= 15 is 0 Å². The van der Waals surface area contributed by atoms with E-state index in [0.717, 1.165) is 19.6 Å². The smallest absolute Gasteiger partial charge is 0.251 e. The van der Waals surface area contributed by atoms with Gasteiger partial charge in [0.05, 0.1) is 0 Å². The minimum absolute atomic E-state index is 0.0319. The minimum atomic E-state index is -0.142. The lowest BCUT2D eigenvalue weighted by Gasteiger charge is -2.19. The highest BCUT2D eigenvalue weighted by Crippen LogP contribution is 2.22. The van der Waals surface area contributed by atoms with Crippen LogP contribution in [0.5, 0.6) is 0 Å². The van der Waals surface area contributed by atoms with E-state index in [1.807, 2.05) is 24.3 Å². The number of amides is 2. The Bertz CT molecular complexity index is 543. The first-order valence-corrected chi connectivity index (χ1v) is 9.15. The van der Waals surface area contributed by atoms with E-state index in [1.165, 1.54) is 5.56 Å². The molecule has 0 heterocycles. The first-order valence-electron chi connectivity index (χ1n) is 9.15. The van der Waals surface area contributed by atoms with Gasteiger partial charge in [-0.05, 0) is 36.2 Å². The van der Waals surface area contributed by atoms with Gasteiger partial charge in [-0.15, -0.1) is 0 Å². The summed E-state index contributed by atoms with van der Waals surface area (Å²) in [5.74, 6) is -0.174. The molecule has 140 valence electrons. The normalized spacial score (nSPS) is 11.4. The third-order valence-electron chi connectivity index (χ3n) is 4.30. The number of carbonyl (C=O) groups excluding carboxylic acids is 2. The fourth-order valence-corrected chi connectivity index (χ4v) is 2.49. The van der Waals surface area contributed by atoms with Gasteiger partial charge in [-0.3, -0.25) is 9.59 Å². The Hall–Kier alpha value is -1.88. The van der Waals surface area contributed by atoms with Crippen LogP contribution >= 0.6 is 0 Å². The summed E-state index contributed by atoms with van der Waals surface area (Å²) in [7, 11) is 0. The molecule has 0 radical (unpaired) electrons. The van der Waals surface area contributed by atoms with Crippen molar-refractivity contribution in [3.05, 3.63) is 35.4 Å². The largest absolute Gasteiger partial charge is 0.355 e. The van der Waals surface area contributed by atoms with Gasteiger partial charge in [0.15, 0.2) is 0 Å². The fraction of sp³-hybridized carbons (Fsp3) is 0.600. The maximum absolute atomic E-state index is 12.1. The molecule has 0 spiro atoms. The van der Waals surface area contributed by atoms with Crippen molar-refractivity contribution in [2.75, 3.05) is 32.7 Å². The third-order valence-corrected chi connectivity index (χ3v) is 4.30. The van der Waals surface area contributed by atoms with Gasteiger partial charge < -0.3 is 15.5 Å². The second-order valence-electron chi connectivity index (χ2n) is 7.21. The van der Waals surface area contributed by atoms with Crippen molar-refractivity contribution in [1.82, 2.24) is 15.5 Å². The molecule has 0 saturated heterocycles. The highest BCUT2D eigenvalue weighted by atomic mass is 16.2. The summed E-state index contributed by atoms with van der Waals surface area (Å²) < 4.78 is 0. The molecule has 1 aromatic rings. The molecule has 1 rings (SSSR count). The number of hydrogen-bond acceptors (Lipinski definition) is 3. The van der Waals surface area contributed by atoms with Crippen LogP contribution in [0, 0.1) is 0 Å². The number of carbonyl (C=O) groups is 2. The van der Waals surface area contributed by atoms with Gasteiger partial charge in [0.1, 0.15) is 0 Å². The number of benzene rings is 1. The van der Waals surface area contributed by atoms with Crippen molar-refractivity contribution in [3.63, 3.8) is 0 Å².